The van der Waals surface area contributed by atoms with Crippen LogP contribution in [0.5, 0.6) is 11.5 Å². The van der Waals surface area contributed by atoms with Crippen LogP contribution in [0.2, 0.25) is 0 Å². The lowest BCUT2D eigenvalue weighted by atomic mass is 9.85. The fraction of sp³-hybridized carbons (Fsp3) is 0.500. The number of nitrogens with one attached hydrogen (secondary N) is 3. The minimum Gasteiger partial charge on any atom is -0.497 e. The molecule has 1 saturated carbocycles. The molecular weight excluding hydrogens is 717 g/mol. The first-order valence-electron chi connectivity index (χ1n) is 17.5. The molecule has 1 saturated heterocycles. The second-order valence-corrected chi connectivity index (χ2v) is 16.4. The minimum absolute atomic E-state index is 0.0334. The average molecular weight is 765 g/mol. The lowest BCUT2D eigenvalue weighted by molar-refractivity contribution is -0.148. The Hall–Kier alpha value is -5.25. The lowest BCUT2D eigenvalue weighted by Crippen LogP contribution is -2.59. The van der Waals surface area contributed by atoms with Gasteiger partial charge in [-0.25, -0.2) is 19.6 Å². The van der Waals surface area contributed by atoms with E-state index >= 15 is 0 Å². The van der Waals surface area contributed by atoms with Crippen molar-refractivity contribution in [3.8, 4) is 22.9 Å². The molecule has 5 rings (SSSR count). The number of benzene rings is 1. The van der Waals surface area contributed by atoms with Crippen LogP contribution in [-0.2, 0) is 28.7 Å². The summed E-state index contributed by atoms with van der Waals surface area (Å²) in [5, 5.41) is 11.1. The molecule has 1 aliphatic carbocycles. The van der Waals surface area contributed by atoms with E-state index in [0.717, 1.165) is 0 Å². The van der Waals surface area contributed by atoms with Crippen LogP contribution >= 0.6 is 11.3 Å². The van der Waals surface area contributed by atoms with Crippen LogP contribution in [-0.4, -0.2) is 94.7 Å². The highest BCUT2D eigenvalue weighted by Gasteiger charge is 2.62. The van der Waals surface area contributed by atoms with E-state index in [4.69, 9.17) is 23.9 Å². The first-order valence-corrected chi connectivity index (χ1v) is 18.4. The van der Waals surface area contributed by atoms with Gasteiger partial charge in [-0.05, 0) is 44.7 Å². The number of thiazole rings is 1. The molecule has 0 bridgehead atoms. The Morgan fingerprint density at radius 3 is 2.37 bits per heavy atom. The fourth-order valence-corrected chi connectivity index (χ4v) is 7.16. The molecule has 3 unspecified atom stereocenters. The molecule has 3 aromatic rings. The van der Waals surface area contributed by atoms with Gasteiger partial charge in [0, 0.05) is 42.2 Å². The Labute approximate surface area is 318 Å². The molecule has 16 heteroatoms. The van der Waals surface area contributed by atoms with Gasteiger partial charge in [0.2, 0.25) is 17.7 Å². The van der Waals surface area contributed by atoms with Crippen LogP contribution in [0.25, 0.3) is 22.3 Å². The summed E-state index contributed by atoms with van der Waals surface area (Å²) < 4.78 is 22.6. The van der Waals surface area contributed by atoms with Crippen molar-refractivity contribution in [2.24, 2.45) is 11.3 Å². The molecule has 2 aliphatic rings. The van der Waals surface area contributed by atoms with Crippen LogP contribution < -0.4 is 25.4 Å². The Bertz CT molecular complexity index is 1970. The Morgan fingerprint density at radius 1 is 1.06 bits per heavy atom. The summed E-state index contributed by atoms with van der Waals surface area (Å²) >= 11 is 1.24. The second-order valence-electron chi connectivity index (χ2n) is 15.5. The van der Waals surface area contributed by atoms with Gasteiger partial charge in [-0.2, -0.15) is 0 Å². The average Bonchev–Trinajstić information content (AvgIpc) is 3.36. The summed E-state index contributed by atoms with van der Waals surface area (Å²) in [7, 11) is 2.79. The highest BCUT2D eigenvalue weighted by atomic mass is 32.1. The summed E-state index contributed by atoms with van der Waals surface area (Å²) in [5.41, 5.74) is -1.44. The van der Waals surface area contributed by atoms with E-state index in [9.17, 15) is 24.0 Å². The number of carbonyl (C=O) groups is 5. The maximum Gasteiger partial charge on any atom is 0.408 e. The van der Waals surface area contributed by atoms with Crippen molar-refractivity contribution < 1.29 is 42.9 Å². The SMILES string of the molecule is C=CC1C[C@]1(NC(=O)C1CC(Oc2cc(-c3csc(NC(C)=O)n3)nc3cc(OC)ccc23)CN1C(=O)[C@@H](NC(=O)OC(C)(C)C)C(C)(C)C)C(=O)OC. The molecule has 54 heavy (non-hydrogen) atoms. The zero-order valence-corrected chi connectivity index (χ0v) is 32.8. The van der Waals surface area contributed by atoms with Crippen LogP contribution in [0.15, 0.2) is 42.3 Å². The summed E-state index contributed by atoms with van der Waals surface area (Å²) in [6.07, 6.45) is 0.436. The number of likely N-dealkylation sites (tertiary alicyclic amines) is 1. The fourth-order valence-electron chi connectivity index (χ4n) is 6.41. The van der Waals surface area contributed by atoms with Crippen molar-refractivity contribution in [1.82, 2.24) is 25.5 Å². The minimum atomic E-state index is -1.31. The van der Waals surface area contributed by atoms with E-state index in [1.807, 2.05) is 0 Å². The largest absolute Gasteiger partial charge is 0.497 e. The van der Waals surface area contributed by atoms with Crippen LogP contribution in [0.4, 0.5) is 9.93 Å². The first-order chi connectivity index (χ1) is 25.3. The lowest BCUT2D eigenvalue weighted by Gasteiger charge is -2.36. The third-order valence-corrected chi connectivity index (χ3v) is 9.90. The number of hydrogen-bond donors (Lipinski definition) is 3. The van der Waals surface area contributed by atoms with Crippen LogP contribution in [0, 0.1) is 11.3 Å². The van der Waals surface area contributed by atoms with Crippen LogP contribution in [0.3, 0.4) is 0 Å². The Morgan fingerprint density at radius 2 is 1.78 bits per heavy atom. The van der Waals surface area contributed by atoms with Gasteiger partial charge in [0.25, 0.3) is 0 Å². The van der Waals surface area contributed by atoms with Crippen molar-refractivity contribution in [3.05, 3.63) is 42.3 Å². The Kier molecular flexibility index (Phi) is 11.3. The quantitative estimate of drug-likeness (QED) is 0.179. The predicted octanol–water partition coefficient (Wildman–Crippen LogP) is 4.85. The number of rotatable bonds is 11. The summed E-state index contributed by atoms with van der Waals surface area (Å²) in [4.78, 5) is 77.0. The van der Waals surface area contributed by atoms with Gasteiger partial charge in [0.15, 0.2) is 5.13 Å². The van der Waals surface area contributed by atoms with E-state index in [-0.39, 0.29) is 24.8 Å². The number of ether oxygens (including phenoxy) is 4. The number of alkyl carbamates (subject to hydrolysis) is 1. The first kappa shape index (κ1) is 39.9. The third kappa shape index (κ3) is 8.75. The third-order valence-electron chi connectivity index (χ3n) is 9.14. The number of aromatic nitrogens is 2. The molecular formula is C38H48N6O9S. The molecule has 0 radical (unpaired) electrons. The molecule has 2 fully saturated rings. The summed E-state index contributed by atoms with van der Waals surface area (Å²) in [6.45, 7) is 15.7. The van der Waals surface area contributed by atoms with Crippen molar-refractivity contribution >= 4 is 57.2 Å². The number of fused-ring (bicyclic) bond motifs is 1. The topological polar surface area (TPSA) is 187 Å². The number of amides is 4. The maximum absolute atomic E-state index is 14.6. The summed E-state index contributed by atoms with van der Waals surface area (Å²) in [6, 6.07) is 4.85. The zero-order valence-electron chi connectivity index (χ0n) is 32.0. The number of methoxy groups -OCH3 is 2. The predicted molar refractivity (Wildman–Crippen MR) is 202 cm³/mol. The van der Waals surface area contributed by atoms with Gasteiger partial charge < -0.3 is 39.8 Å². The van der Waals surface area contributed by atoms with E-state index in [0.29, 0.717) is 45.3 Å². The van der Waals surface area contributed by atoms with Gasteiger partial charge in [0.1, 0.15) is 46.5 Å². The highest BCUT2D eigenvalue weighted by Crippen LogP contribution is 2.46. The smallest absolute Gasteiger partial charge is 0.408 e. The van der Waals surface area contributed by atoms with Gasteiger partial charge in [-0.1, -0.05) is 26.8 Å². The molecule has 290 valence electrons. The van der Waals surface area contributed by atoms with E-state index in [2.05, 4.69) is 27.5 Å². The van der Waals surface area contributed by atoms with E-state index < -0.39 is 58.6 Å². The molecule has 3 N–H and O–H groups in total. The van der Waals surface area contributed by atoms with Gasteiger partial charge >= 0.3 is 12.1 Å². The van der Waals surface area contributed by atoms with Crippen molar-refractivity contribution in [3.63, 3.8) is 0 Å². The molecule has 4 amide bonds. The zero-order chi connectivity index (χ0) is 39.7. The molecule has 1 aromatic carbocycles. The van der Waals surface area contributed by atoms with Crippen LogP contribution in [0.1, 0.15) is 61.3 Å². The number of carbonyl (C=O) groups excluding carboxylic acids is 5. The monoisotopic (exact) mass is 764 g/mol. The van der Waals surface area contributed by atoms with Crippen molar-refractivity contribution in [1.29, 1.82) is 0 Å². The number of nitrogens with zero attached hydrogens (tertiary/aromatic N) is 3. The van der Waals surface area contributed by atoms with Gasteiger partial charge in [-0.3, -0.25) is 14.4 Å². The molecule has 0 spiro atoms. The van der Waals surface area contributed by atoms with Gasteiger partial charge in [-0.15, -0.1) is 17.9 Å². The standard InChI is InChI=1S/C38H48N6O9S/c1-11-21-17-38(21,33(48)51-10)43-31(46)28-15-23(18-44(28)32(47)30(36(3,4)5)42-35(49)53-37(6,7)8)52-29-16-26(27-19-54-34(41-27)39-20(2)45)40-25-14-22(50-9)12-13-24(25)29/h11-14,16,19,21,23,28,30H,1,15,17-18H2,2-10H3,(H,42,49)(H,43,46)(H,39,41,45)/t21?,23?,28?,30-,38-/m1/s1. The normalized spacial score (nSPS) is 21.4. The molecule has 2 aromatic heterocycles. The molecule has 15 nitrogen and oxygen atoms in total. The number of pyridine rings is 1. The number of esters is 1. The van der Waals surface area contributed by atoms with E-state index in [1.165, 1.54) is 30.3 Å². The summed E-state index contributed by atoms with van der Waals surface area (Å²) in [5.74, 6) is -1.36. The Balaban J connectivity index is 1.52. The number of anilines is 1. The molecule has 3 heterocycles. The van der Waals surface area contributed by atoms with E-state index in [1.54, 1.807) is 84.4 Å². The maximum atomic E-state index is 14.6. The second kappa shape index (κ2) is 15.2. The van der Waals surface area contributed by atoms with Crippen molar-refractivity contribution in [2.45, 2.75) is 90.6 Å². The molecule has 5 atom stereocenters. The van der Waals surface area contributed by atoms with Gasteiger partial charge in [0.05, 0.1) is 32.0 Å². The number of hydrogen-bond acceptors (Lipinski definition) is 12. The highest BCUT2D eigenvalue weighted by molar-refractivity contribution is 7.14. The molecule has 1 aliphatic heterocycles. The van der Waals surface area contributed by atoms with Crippen molar-refractivity contribution in [2.75, 3.05) is 26.1 Å².